The molecule has 1 aliphatic rings. The van der Waals surface area contributed by atoms with Gasteiger partial charge in [-0.3, -0.25) is 9.78 Å². The Morgan fingerprint density at radius 1 is 1.30 bits per heavy atom. The van der Waals surface area contributed by atoms with Gasteiger partial charge in [-0.25, -0.2) is 4.98 Å². The minimum Gasteiger partial charge on any atom is -0.338 e. The van der Waals surface area contributed by atoms with E-state index >= 15 is 0 Å². The molecule has 27 heavy (non-hydrogen) atoms. The number of pyridine rings is 1. The molecule has 4 nitrogen and oxygen atoms in total. The molecule has 3 heterocycles. The Morgan fingerprint density at radius 2 is 2.19 bits per heavy atom. The molecule has 3 aromatic rings. The first-order chi connectivity index (χ1) is 13.1. The second-order valence-corrected chi connectivity index (χ2v) is 8.64. The van der Waals surface area contributed by atoms with E-state index in [-0.39, 0.29) is 5.91 Å². The van der Waals surface area contributed by atoms with Gasteiger partial charge in [-0.1, -0.05) is 28.1 Å². The monoisotopic (exact) mass is 441 g/mol. The molecule has 1 unspecified atom stereocenters. The Labute approximate surface area is 171 Å². The highest BCUT2D eigenvalue weighted by Crippen LogP contribution is 2.29. The van der Waals surface area contributed by atoms with Crippen LogP contribution in [-0.4, -0.2) is 33.9 Å². The van der Waals surface area contributed by atoms with Crippen molar-refractivity contribution in [2.75, 3.05) is 13.1 Å². The van der Waals surface area contributed by atoms with Crippen LogP contribution >= 0.6 is 27.3 Å². The minimum atomic E-state index is 0.0713. The van der Waals surface area contributed by atoms with Gasteiger partial charge >= 0.3 is 0 Å². The van der Waals surface area contributed by atoms with Gasteiger partial charge in [0.2, 0.25) is 0 Å². The number of aryl methyl sites for hydroxylation is 1. The van der Waals surface area contributed by atoms with Crippen LogP contribution in [0.25, 0.3) is 11.3 Å². The zero-order valence-electron chi connectivity index (χ0n) is 15.1. The van der Waals surface area contributed by atoms with Crippen LogP contribution in [0.3, 0.4) is 0 Å². The zero-order valence-corrected chi connectivity index (χ0v) is 17.5. The van der Waals surface area contributed by atoms with Crippen molar-refractivity contribution in [3.8, 4) is 11.3 Å². The van der Waals surface area contributed by atoms with Crippen molar-refractivity contribution < 1.29 is 4.79 Å². The lowest BCUT2D eigenvalue weighted by Crippen LogP contribution is -2.39. The van der Waals surface area contributed by atoms with Gasteiger partial charge in [-0.2, -0.15) is 0 Å². The number of nitrogens with zero attached hydrogens (tertiary/aromatic N) is 3. The Morgan fingerprint density at radius 3 is 2.93 bits per heavy atom. The van der Waals surface area contributed by atoms with Crippen LogP contribution in [0.15, 0.2) is 52.4 Å². The Bertz CT molecular complexity index is 958. The minimum absolute atomic E-state index is 0.0713. The number of rotatable bonds is 3. The van der Waals surface area contributed by atoms with E-state index in [1.807, 2.05) is 59.8 Å². The Balaban J connectivity index is 1.55. The number of halogens is 1. The molecule has 0 spiro atoms. The van der Waals surface area contributed by atoms with Crippen molar-refractivity contribution in [2.24, 2.45) is 0 Å². The predicted octanol–water partition coefficient (Wildman–Crippen LogP) is 5.30. The van der Waals surface area contributed by atoms with Crippen LogP contribution in [-0.2, 0) is 0 Å². The van der Waals surface area contributed by atoms with Crippen LogP contribution in [0.5, 0.6) is 0 Å². The summed E-state index contributed by atoms with van der Waals surface area (Å²) in [4.78, 5) is 24.2. The largest absolute Gasteiger partial charge is 0.338 e. The van der Waals surface area contributed by atoms with Crippen molar-refractivity contribution >= 4 is 33.2 Å². The summed E-state index contributed by atoms with van der Waals surface area (Å²) in [5.74, 6) is 0.416. The fourth-order valence-corrected chi connectivity index (χ4v) is 4.73. The van der Waals surface area contributed by atoms with E-state index in [9.17, 15) is 4.79 Å². The van der Waals surface area contributed by atoms with E-state index in [0.29, 0.717) is 11.5 Å². The summed E-state index contributed by atoms with van der Waals surface area (Å²) >= 11 is 5.17. The van der Waals surface area contributed by atoms with Crippen molar-refractivity contribution in [3.05, 3.63) is 68.7 Å². The number of carbonyl (C=O) groups excluding carboxylic acids is 1. The van der Waals surface area contributed by atoms with E-state index in [4.69, 9.17) is 4.98 Å². The van der Waals surface area contributed by atoms with Crippen LogP contribution in [0.2, 0.25) is 0 Å². The molecule has 4 rings (SSSR count). The highest BCUT2D eigenvalue weighted by atomic mass is 79.9. The quantitative estimate of drug-likeness (QED) is 0.553. The molecule has 1 aliphatic heterocycles. The number of carbonyl (C=O) groups is 1. The van der Waals surface area contributed by atoms with E-state index in [1.54, 1.807) is 11.3 Å². The second kappa shape index (κ2) is 7.90. The zero-order chi connectivity index (χ0) is 18.8. The van der Waals surface area contributed by atoms with Crippen molar-refractivity contribution in [2.45, 2.75) is 25.7 Å². The van der Waals surface area contributed by atoms with Gasteiger partial charge in [-0.15, -0.1) is 11.3 Å². The number of benzene rings is 1. The van der Waals surface area contributed by atoms with Gasteiger partial charge < -0.3 is 4.90 Å². The molecule has 0 saturated carbocycles. The normalized spacial score (nSPS) is 17.1. The highest BCUT2D eigenvalue weighted by molar-refractivity contribution is 9.10. The first kappa shape index (κ1) is 18.3. The third kappa shape index (κ3) is 3.96. The van der Waals surface area contributed by atoms with Gasteiger partial charge in [-0.05, 0) is 44.0 Å². The number of hydrogen-bond acceptors (Lipinski definition) is 4. The summed E-state index contributed by atoms with van der Waals surface area (Å²) in [6, 6.07) is 11.9. The summed E-state index contributed by atoms with van der Waals surface area (Å²) < 4.78 is 1.01. The van der Waals surface area contributed by atoms with E-state index < -0.39 is 0 Å². The third-order valence-corrected chi connectivity index (χ3v) is 6.38. The van der Waals surface area contributed by atoms with Crippen molar-refractivity contribution in [3.63, 3.8) is 0 Å². The maximum Gasteiger partial charge on any atom is 0.255 e. The fourth-order valence-electron chi connectivity index (χ4n) is 3.57. The Kier molecular flexibility index (Phi) is 5.36. The summed E-state index contributed by atoms with van der Waals surface area (Å²) in [7, 11) is 0. The molecule has 0 radical (unpaired) electrons. The van der Waals surface area contributed by atoms with E-state index in [1.165, 1.54) is 0 Å². The van der Waals surface area contributed by atoms with E-state index in [0.717, 1.165) is 52.4 Å². The molecule has 6 heteroatoms. The average molecular weight is 442 g/mol. The number of likely N-dealkylation sites (tertiary alicyclic amines) is 1. The molecular weight excluding hydrogens is 422 g/mol. The molecule has 1 atom stereocenters. The van der Waals surface area contributed by atoms with Gasteiger partial charge in [0, 0.05) is 40.6 Å². The highest BCUT2D eigenvalue weighted by Gasteiger charge is 2.27. The lowest BCUT2D eigenvalue weighted by Gasteiger charge is -2.32. The number of piperidine rings is 1. The molecule has 0 N–H and O–H groups in total. The summed E-state index contributed by atoms with van der Waals surface area (Å²) in [5.41, 5.74) is 3.38. The number of aromatic nitrogens is 2. The summed E-state index contributed by atoms with van der Waals surface area (Å²) in [6.07, 6.45) is 3.95. The predicted molar refractivity (Wildman–Crippen MR) is 112 cm³/mol. The topological polar surface area (TPSA) is 46.1 Å². The lowest BCUT2D eigenvalue weighted by atomic mass is 9.97. The molecular formula is C21H20BrN3OS. The summed E-state index contributed by atoms with van der Waals surface area (Å²) in [6.45, 7) is 3.45. The molecule has 0 bridgehead atoms. The number of hydrogen-bond donors (Lipinski definition) is 0. The number of amides is 1. The SMILES string of the molecule is Cc1nc(-c2cccc(Br)c2)ccc1C(=O)N1CCCC(c2nccs2)C1. The maximum absolute atomic E-state index is 13.1. The molecule has 1 fully saturated rings. The molecule has 1 saturated heterocycles. The van der Waals surface area contributed by atoms with Crippen LogP contribution in [0.1, 0.15) is 39.8 Å². The number of thiazole rings is 1. The second-order valence-electron chi connectivity index (χ2n) is 6.80. The average Bonchev–Trinajstić information content (AvgIpc) is 3.22. The van der Waals surface area contributed by atoms with Gasteiger partial charge in [0.25, 0.3) is 5.91 Å². The third-order valence-electron chi connectivity index (χ3n) is 4.95. The summed E-state index contributed by atoms with van der Waals surface area (Å²) in [5, 5.41) is 3.14. The van der Waals surface area contributed by atoms with Crippen molar-refractivity contribution in [1.29, 1.82) is 0 Å². The van der Waals surface area contributed by atoms with Crippen LogP contribution in [0.4, 0.5) is 0 Å². The van der Waals surface area contributed by atoms with Crippen LogP contribution in [0, 0.1) is 6.92 Å². The Hall–Kier alpha value is -2.05. The molecule has 1 amide bonds. The van der Waals surface area contributed by atoms with E-state index in [2.05, 4.69) is 20.9 Å². The first-order valence-electron chi connectivity index (χ1n) is 9.04. The van der Waals surface area contributed by atoms with Gasteiger partial charge in [0.05, 0.1) is 22.0 Å². The standard InChI is InChI=1S/C21H20BrN3OS/c1-14-18(7-8-19(24-14)15-4-2-6-17(22)12-15)21(26)25-10-3-5-16(13-25)20-23-9-11-27-20/h2,4,6-9,11-12,16H,3,5,10,13H2,1H3. The molecule has 1 aromatic carbocycles. The smallest absolute Gasteiger partial charge is 0.255 e. The first-order valence-corrected chi connectivity index (χ1v) is 10.7. The fraction of sp³-hybridized carbons (Fsp3) is 0.286. The van der Waals surface area contributed by atoms with Gasteiger partial charge in [0.15, 0.2) is 0 Å². The molecule has 0 aliphatic carbocycles. The maximum atomic E-state index is 13.1. The molecule has 138 valence electrons. The lowest BCUT2D eigenvalue weighted by molar-refractivity contribution is 0.0706. The van der Waals surface area contributed by atoms with Crippen molar-refractivity contribution in [1.82, 2.24) is 14.9 Å². The van der Waals surface area contributed by atoms with Gasteiger partial charge in [0.1, 0.15) is 0 Å². The van der Waals surface area contributed by atoms with Crippen LogP contribution < -0.4 is 0 Å². The molecule has 2 aromatic heterocycles.